The maximum absolute atomic E-state index is 11.1. The van der Waals surface area contributed by atoms with Crippen LogP contribution in [0.3, 0.4) is 0 Å². The number of carbonyl (C=O) groups excluding carboxylic acids is 2. The van der Waals surface area contributed by atoms with Crippen LogP contribution >= 0.6 is 0 Å². The highest BCUT2D eigenvalue weighted by atomic mass is 16.6. The minimum absolute atomic E-state index is 0. The van der Waals surface area contributed by atoms with Crippen molar-refractivity contribution in [1.29, 1.82) is 0 Å². The second kappa shape index (κ2) is 7.85. The lowest BCUT2D eigenvalue weighted by Crippen LogP contribution is -2.06. The van der Waals surface area contributed by atoms with Gasteiger partial charge in [-0.15, -0.1) is 0 Å². The van der Waals surface area contributed by atoms with Gasteiger partial charge in [-0.1, -0.05) is 43.8 Å². The van der Waals surface area contributed by atoms with E-state index in [0.717, 1.165) is 5.56 Å². The largest absolute Gasteiger partial charge is 0.485 e. The van der Waals surface area contributed by atoms with Gasteiger partial charge in [0.25, 0.3) is 0 Å². The van der Waals surface area contributed by atoms with Crippen LogP contribution in [0.1, 0.15) is 30.3 Å². The smallest absolute Gasteiger partial charge is 0.308 e. The molecule has 110 valence electrons. The van der Waals surface area contributed by atoms with Gasteiger partial charge >= 0.3 is 5.97 Å². The van der Waals surface area contributed by atoms with Gasteiger partial charge in [0.15, 0.2) is 17.8 Å². The molecule has 0 bridgehead atoms. The third kappa shape index (κ3) is 4.45. The van der Waals surface area contributed by atoms with Gasteiger partial charge in [-0.05, 0) is 17.7 Å². The first-order valence-corrected chi connectivity index (χ1v) is 6.14. The number of esters is 1. The Morgan fingerprint density at radius 1 is 1.10 bits per heavy atom. The normalized spacial score (nSPS) is 9.38. The predicted octanol–water partition coefficient (Wildman–Crippen LogP) is 3.64. The van der Waals surface area contributed by atoms with E-state index in [4.69, 9.17) is 9.47 Å². The van der Waals surface area contributed by atoms with Gasteiger partial charge in [-0.3, -0.25) is 9.59 Å². The number of hydrogen-bond acceptors (Lipinski definition) is 4. The molecule has 0 aromatic heterocycles. The minimum Gasteiger partial charge on any atom is -0.485 e. The van der Waals surface area contributed by atoms with Crippen molar-refractivity contribution in [2.75, 3.05) is 0 Å². The third-order valence-corrected chi connectivity index (χ3v) is 2.62. The van der Waals surface area contributed by atoms with Crippen LogP contribution in [-0.2, 0) is 11.4 Å². The highest BCUT2D eigenvalue weighted by Gasteiger charge is 2.13. The zero-order valence-electron chi connectivity index (χ0n) is 11.0. The molecular weight excluding hydrogens is 268 g/mol. The average molecular weight is 286 g/mol. The van der Waals surface area contributed by atoms with Crippen LogP contribution in [0.2, 0.25) is 0 Å². The first-order valence-electron chi connectivity index (χ1n) is 6.14. The predicted molar refractivity (Wildman–Crippen MR) is 80.6 cm³/mol. The standard InChI is InChI=1S/C16H14O4.CH4/c1-12(18)20-16-14(10-17)8-5-9-15(16)19-11-13-6-3-2-4-7-13;/h2-10H,11H2,1H3;1H4. The molecule has 2 rings (SSSR count). The van der Waals surface area contributed by atoms with Crippen LogP contribution in [-0.4, -0.2) is 12.3 Å². The number of hydrogen-bond donors (Lipinski definition) is 0. The van der Waals surface area contributed by atoms with E-state index in [-0.39, 0.29) is 18.7 Å². The Kier molecular flexibility index (Phi) is 6.14. The fourth-order valence-electron chi connectivity index (χ4n) is 1.73. The Hall–Kier alpha value is -2.62. The SMILES string of the molecule is C.CC(=O)Oc1c(C=O)cccc1OCc1ccccc1. The number of aldehydes is 1. The summed E-state index contributed by atoms with van der Waals surface area (Å²) in [5.74, 6) is 0.0310. The van der Waals surface area contributed by atoms with Gasteiger partial charge in [0.2, 0.25) is 0 Å². The van der Waals surface area contributed by atoms with E-state index in [0.29, 0.717) is 18.6 Å². The molecule has 2 aromatic rings. The number of rotatable bonds is 5. The van der Waals surface area contributed by atoms with Crippen LogP contribution in [0.5, 0.6) is 11.5 Å². The first-order chi connectivity index (χ1) is 9.70. The average Bonchev–Trinajstić information content (AvgIpc) is 2.46. The molecule has 0 aliphatic rings. The maximum atomic E-state index is 11.1. The lowest BCUT2D eigenvalue weighted by molar-refractivity contribution is -0.132. The molecule has 0 aliphatic carbocycles. The van der Waals surface area contributed by atoms with Crippen molar-refractivity contribution in [2.24, 2.45) is 0 Å². The Morgan fingerprint density at radius 2 is 1.81 bits per heavy atom. The molecule has 0 saturated heterocycles. The van der Waals surface area contributed by atoms with Crippen LogP contribution in [0.15, 0.2) is 48.5 Å². The molecule has 0 fully saturated rings. The number of benzene rings is 2. The summed E-state index contributed by atoms with van der Waals surface area (Å²) in [7, 11) is 0. The van der Waals surface area contributed by atoms with E-state index in [2.05, 4.69) is 0 Å². The molecule has 0 atom stereocenters. The summed E-state index contributed by atoms with van der Waals surface area (Å²) in [6, 6.07) is 14.5. The van der Waals surface area contributed by atoms with Gasteiger partial charge in [-0.25, -0.2) is 0 Å². The van der Waals surface area contributed by atoms with Crippen molar-refractivity contribution in [3.8, 4) is 11.5 Å². The molecule has 0 aliphatic heterocycles. The zero-order valence-corrected chi connectivity index (χ0v) is 11.0. The van der Waals surface area contributed by atoms with Crippen molar-refractivity contribution in [1.82, 2.24) is 0 Å². The van der Waals surface area contributed by atoms with Crippen molar-refractivity contribution in [3.05, 3.63) is 59.7 Å². The van der Waals surface area contributed by atoms with E-state index >= 15 is 0 Å². The van der Waals surface area contributed by atoms with Gasteiger partial charge in [0.05, 0.1) is 5.56 Å². The van der Waals surface area contributed by atoms with E-state index in [1.54, 1.807) is 18.2 Å². The summed E-state index contributed by atoms with van der Waals surface area (Å²) in [6.07, 6.45) is 0.633. The maximum Gasteiger partial charge on any atom is 0.308 e. The molecule has 0 radical (unpaired) electrons. The molecule has 2 aromatic carbocycles. The van der Waals surface area contributed by atoms with Gasteiger partial charge in [-0.2, -0.15) is 0 Å². The Balaban J connectivity index is 0.00000220. The van der Waals surface area contributed by atoms with Gasteiger partial charge in [0, 0.05) is 6.92 Å². The summed E-state index contributed by atoms with van der Waals surface area (Å²) >= 11 is 0. The van der Waals surface area contributed by atoms with Crippen molar-refractivity contribution >= 4 is 12.3 Å². The molecule has 4 heteroatoms. The monoisotopic (exact) mass is 286 g/mol. The summed E-state index contributed by atoms with van der Waals surface area (Å²) in [6.45, 7) is 1.61. The highest BCUT2D eigenvalue weighted by molar-refractivity contribution is 5.83. The molecular formula is C17H18O4. The number of carbonyl (C=O) groups is 2. The molecule has 4 nitrogen and oxygen atoms in total. The summed E-state index contributed by atoms with van der Waals surface area (Å²) in [5.41, 5.74) is 1.27. The molecule has 0 unspecified atom stereocenters. The first kappa shape index (κ1) is 16.4. The van der Waals surface area contributed by atoms with Crippen molar-refractivity contribution in [2.45, 2.75) is 21.0 Å². The minimum atomic E-state index is -0.496. The lowest BCUT2D eigenvalue weighted by Gasteiger charge is -2.12. The van der Waals surface area contributed by atoms with E-state index in [1.807, 2.05) is 30.3 Å². The summed E-state index contributed by atoms with van der Waals surface area (Å²) in [5, 5.41) is 0. The zero-order chi connectivity index (χ0) is 14.4. The highest BCUT2D eigenvalue weighted by Crippen LogP contribution is 2.31. The fraction of sp³-hybridized carbons (Fsp3) is 0.176. The number of ether oxygens (including phenoxy) is 2. The van der Waals surface area contributed by atoms with Crippen LogP contribution < -0.4 is 9.47 Å². The fourth-order valence-corrected chi connectivity index (χ4v) is 1.73. The third-order valence-electron chi connectivity index (χ3n) is 2.62. The summed E-state index contributed by atoms with van der Waals surface area (Å²) in [4.78, 5) is 22.1. The van der Waals surface area contributed by atoms with Crippen LogP contribution in [0.4, 0.5) is 0 Å². The van der Waals surface area contributed by atoms with E-state index in [1.165, 1.54) is 6.92 Å². The molecule has 0 amide bonds. The quantitative estimate of drug-likeness (QED) is 0.478. The van der Waals surface area contributed by atoms with E-state index in [9.17, 15) is 9.59 Å². The molecule has 0 spiro atoms. The van der Waals surface area contributed by atoms with E-state index < -0.39 is 5.97 Å². The second-order valence-corrected chi connectivity index (χ2v) is 4.16. The van der Waals surface area contributed by atoms with Crippen molar-refractivity contribution in [3.63, 3.8) is 0 Å². The lowest BCUT2D eigenvalue weighted by atomic mass is 10.2. The van der Waals surface area contributed by atoms with Gasteiger partial charge < -0.3 is 9.47 Å². The van der Waals surface area contributed by atoms with Crippen molar-refractivity contribution < 1.29 is 19.1 Å². The summed E-state index contributed by atoms with van der Waals surface area (Å²) < 4.78 is 10.7. The molecule has 0 saturated carbocycles. The second-order valence-electron chi connectivity index (χ2n) is 4.16. The Labute approximate surface area is 124 Å². The van der Waals surface area contributed by atoms with Crippen LogP contribution in [0.25, 0.3) is 0 Å². The molecule has 21 heavy (non-hydrogen) atoms. The molecule has 0 heterocycles. The van der Waals surface area contributed by atoms with Crippen LogP contribution in [0, 0.1) is 0 Å². The Morgan fingerprint density at radius 3 is 2.43 bits per heavy atom. The van der Waals surface area contributed by atoms with Gasteiger partial charge in [0.1, 0.15) is 6.61 Å². The molecule has 0 N–H and O–H groups in total. The number of para-hydroxylation sites is 1. The Bertz CT molecular complexity index is 605. The topological polar surface area (TPSA) is 52.6 Å².